The lowest BCUT2D eigenvalue weighted by molar-refractivity contribution is -0.117. The number of primary amides is 1. The van der Waals surface area contributed by atoms with Crippen LogP contribution in [-0.2, 0) is 14.6 Å². The molecular weight excluding hydrogens is 224 g/mol. The largest absolute Gasteiger partial charge is 0.370 e. The Kier molecular flexibility index (Phi) is 3.22. The second-order valence-corrected chi connectivity index (χ2v) is 5.93. The molecule has 0 aliphatic carbocycles. The summed E-state index contributed by atoms with van der Waals surface area (Å²) in [6.45, 7) is 0. The van der Waals surface area contributed by atoms with Crippen molar-refractivity contribution in [1.82, 2.24) is 4.98 Å². The summed E-state index contributed by atoms with van der Waals surface area (Å²) in [7, 11) is -3.25. The van der Waals surface area contributed by atoms with E-state index in [1.54, 1.807) is 6.42 Å². The molecule has 5 nitrogen and oxygen atoms in total. The third kappa shape index (κ3) is 3.08. The molecule has 1 amide bonds. The summed E-state index contributed by atoms with van der Waals surface area (Å²) in [6, 6.07) is 0. The van der Waals surface area contributed by atoms with Gasteiger partial charge >= 0.3 is 0 Å². The Morgan fingerprint density at radius 3 is 2.79 bits per heavy atom. The van der Waals surface area contributed by atoms with Crippen LogP contribution in [0.1, 0.15) is 11.3 Å². The fourth-order valence-corrected chi connectivity index (χ4v) is 2.45. The molecule has 0 saturated heterocycles. The van der Waals surface area contributed by atoms with E-state index >= 15 is 0 Å². The van der Waals surface area contributed by atoms with E-state index in [1.165, 1.54) is 6.20 Å². The molecule has 0 aliphatic heterocycles. The molecule has 0 bridgehead atoms. The van der Waals surface area contributed by atoms with Gasteiger partial charge in [-0.05, 0) is 0 Å². The van der Waals surface area contributed by atoms with Crippen molar-refractivity contribution in [2.24, 2.45) is 5.73 Å². The van der Waals surface area contributed by atoms with Gasteiger partial charge in [-0.15, -0.1) is 11.3 Å². The minimum Gasteiger partial charge on any atom is -0.370 e. The number of carbonyl (C=O) groups excluding carboxylic acids is 1. The number of nitrogens with two attached hydrogens (primary N) is 1. The van der Waals surface area contributed by atoms with E-state index in [-0.39, 0.29) is 10.8 Å². The van der Waals surface area contributed by atoms with E-state index in [0.717, 1.165) is 17.6 Å². The number of carbonyl (C=O) groups is 1. The van der Waals surface area contributed by atoms with Gasteiger partial charge in [0, 0.05) is 30.2 Å². The van der Waals surface area contributed by atoms with Crippen LogP contribution in [0.3, 0.4) is 0 Å². The SMILES string of the molecule is CS(=O)(=O)c1ncc([CH]CC(N)=O)s1. The van der Waals surface area contributed by atoms with Crippen LogP contribution in [-0.4, -0.2) is 25.6 Å². The van der Waals surface area contributed by atoms with Gasteiger partial charge in [-0.2, -0.15) is 0 Å². The number of sulfone groups is 1. The van der Waals surface area contributed by atoms with E-state index in [2.05, 4.69) is 4.98 Å². The third-order valence-corrected chi connectivity index (χ3v) is 4.01. The number of hydrogen-bond donors (Lipinski definition) is 1. The fourth-order valence-electron chi connectivity index (χ4n) is 0.737. The number of thiazole rings is 1. The van der Waals surface area contributed by atoms with Crippen LogP contribution in [0.15, 0.2) is 10.5 Å². The van der Waals surface area contributed by atoms with Crippen molar-refractivity contribution in [3.63, 3.8) is 0 Å². The van der Waals surface area contributed by atoms with Crippen LogP contribution in [0.4, 0.5) is 0 Å². The predicted molar refractivity (Wildman–Crippen MR) is 52.4 cm³/mol. The summed E-state index contributed by atoms with van der Waals surface area (Å²) in [5.74, 6) is -0.459. The molecule has 0 spiro atoms. The maximum Gasteiger partial charge on any atom is 0.218 e. The van der Waals surface area contributed by atoms with Crippen LogP contribution < -0.4 is 5.73 Å². The highest BCUT2D eigenvalue weighted by Crippen LogP contribution is 2.19. The molecule has 14 heavy (non-hydrogen) atoms. The van der Waals surface area contributed by atoms with E-state index in [0.29, 0.717) is 4.88 Å². The van der Waals surface area contributed by atoms with Crippen LogP contribution in [0, 0.1) is 6.42 Å². The van der Waals surface area contributed by atoms with Gasteiger partial charge in [0.1, 0.15) is 0 Å². The first-order valence-electron chi connectivity index (χ1n) is 3.67. The van der Waals surface area contributed by atoms with Gasteiger partial charge in [0.25, 0.3) is 0 Å². The summed E-state index contributed by atoms with van der Waals surface area (Å²) in [5.41, 5.74) is 4.93. The Bertz CT molecular complexity index is 436. The van der Waals surface area contributed by atoms with Crippen LogP contribution in [0.5, 0.6) is 0 Å². The number of amides is 1. The zero-order valence-electron chi connectivity index (χ0n) is 7.43. The van der Waals surface area contributed by atoms with Crippen LogP contribution in [0.2, 0.25) is 0 Å². The molecule has 2 N–H and O–H groups in total. The number of hydrogen-bond acceptors (Lipinski definition) is 5. The Balaban J connectivity index is 2.74. The molecule has 1 radical (unpaired) electrons. The molecule has 0 atom stereocenters. The lowest BCUT2D eigenvalue weighted by Crippen LogP contribution is -2.09. The average Bonchev–Trinajstić information content (AvgIpc) is 2.47. The molecule has 1 aromatic rings. The summed E-state index contributed by atoms with van der Waals surface area (Å²) in [5, 5.41) is 0. The summed E-state index contributed by atoms with van der Waals surface area (Å²) < 4.78 is 22.1. The zero-order valence-corrected chi connectivity index (χ0v) is 9.06. The summed E-state index contributed by atoms with van der Waals surface area (Å²) in [6.07, 6.45) is 4.13. The monoisotopic (exact) mass is 233 g/mol. The van der Waals surface area contributed by atoms with Gasteiger partial charge in [0.15, 0.2) is 0 Å². The van der Waals surface area contributed by atoms with Gasteiger partial charge < -0.3 is 5.73 Å². The zero-order chi connectivity index (χ0) is 10.8. The maximum atomic E-state index is 11.0. The van der Waals surface area contributed by atoms with E-state index in [9.17, 15) is 13.2 Å². The van der Waals surface area contributed by atoms with Crippen molar-refractivity contribution in [3.8, 4) is 0 Å². The number of nitrogens with zero attached hydrogens (tertiary/aromatic N) is 1. The van der Waals surface area contributed by atoms with E-state index < -0.39 is 15.7 Å². The number of rotatable bonds is 4. The molecule has 0 aliphatic rings. The smallest absolute Gasteiger partial charge is 0.218 e. The average molecular weight is 233 g/mol. The molecule has 1 rings (SSSR count). The van der Waals surface area contributed by atoms with Crippen molar-refractivity contribution in [2.75, 3.05) is 6.26 Å². The Labute approximate surface area is 85.9 Å². The van der Waals surface area contributed by atoms with Gasteiger partial charge in [0.05, 0.1) is 0 Å². The van der Waals surface area contributed by atoms with Crippen LogP contribution in [0.25, 0.3) is 0 Å². The Hall–Kier alpha value is -0.950. The van der Waals surface area contributed by atoms with E-state index in [4.69, 9.17) is 5.73 Å². The molecule has 0 aromatic carbocycles. The first-order valence-corrected chi connectivity index (χ1v) is 6.38. The highest BCUT2D eigenvalue weighted by atomic mass is 32.2. The second kappa shape index (κ2) is 4.05. The normalized spacial score (nSPS) is 11.5. The van der Waals surface area contributed by atoms with Gasteiger partial charge in [-0.3, -0.25) is 4.79 Å². The quantitative estimate of drug-likeness (QED) is 0.791. The van der Waals surface area contributed by atoms with Gasteiger partial charge in [-0.1, -0.05) is 0 Å². The van der Waals surface area contributed by atoms with Crippen molar-refractivity contribution in [3.05, 3.63) is 17.5 Å². The number of aromatic nitrogens is 1. The van der Waals surface area contributed by atoms with Gasteiger partial charge in [-0.25, -0.2) is 13.4 Å². The molecule has 77 valence electrons. The predicted octanol–water partition coefficient (Wildman–Crippen LogP) is -0.0256. The Morgan fingerprint density at radius 2 is 2.36 bits per heavy atom. The first-order chi connectivity index (χ1) is 6.39. The molecule has 1 aromatic heterocycles. The molecule has 7 heteroatoms. The topological polar surface area (TPSA) is 90.1 Å². The van der Waals surface area contributed by atoms with Crippen molar-refractivity contribution in [1.29, 1.82) is 0 Å². The summed E-state index contributed by atoms with van der Waals surface area (Å²) in [4.78, 5) is 14.8. The lowest BCUT2D eigenvalue weighted by atomic mass is 10.3. The highest BCUT2D eigenvalue weighted by Gasteiger charge is 2.12. The maximum absolute atomic E-state index is 11.0. The van der Waals surface area contributed by atoms with Gasteiger partial charge in [0.2, 0.25) is 20.1 Å². The Morgan fingerprint density at radius 1 is 1.71 bits per heavy atom. The van der Waals surface area contributed by atoms with E-state index in [1.807, 2.05) is 0 Å². The van der Waals surface area contributed by atoms with Crippen LogP contribution >= 0.6 is 11.3 Å². The molecule has 0 unspecified atom stereocenters. The molecule has 0 fully saturated rings. The highest BCUT2D eigenvalue weighted by molar-refractivity contribution is 7.92. The van der Waals surface area contributed by atoms with Crippen molar-refractivity contribution < 1.29 is 13.2 Å². The second-order valence-electron chi connectivity index (χ2n) is 2.68. The summed E-state index contributed by atoms with van der Waals surface area (Å²) >= 11 is 1.02. The minimum absolute atomic E-state index is 0.0493. The molecular formula is C7H9N2O3S2. The molecule has 0 saturated carbocycles. The first kappa shape index (κ1) is 11.1. The van der Waals surface area contributed by atoms with Crippen molar-refractivity contribution in [2.45, 2.75) is 10.8 Å². The third-order valence-electron chi connectivity index (χ3n) is 1.32. The van der Waals surface area contributed by atoms with Crippen molar-refractivity contribution >= 4 is 27.1 Å². The minimum atomic E-state index is -3.25. The molecule has 1 heterocycles. The lowest BCUT2D eigenvalue weighted by Gasteiger charge is -1.90. The standard InChI is InChI=1S/C7H9N2O3S2/c1-14(11,12)7-9-4-5(13-7)2-3-6(8)10/h2,4H,3H2,1H3,(H2,8,10). The fraction of sp³-hybridized carbons (Fsp3) is 0.286.